The smallest absolute Gasteiger partial charge is 0.110 e. The number of fused-ring (bicyclic) bond motifs is 1. The molecule has 0 atom stereocenters. The highest BCUT2D eigenvalue weighted by molar-refractivity contribution is 5.76. The number of H-pyrrole nitrogens is 1. The molecule has 0 unspecified atom stereocenters. The normalized spacial score (nSPS) is 15.8. The summed E-state index contributed by atoms with van der Waals surface area (Å²) >= 11 is 0. The van der Waals surface area contributed by atoms with Crippen LogP contribution >= 0.6 is 0 Å². The number of aromatic amines is 1. The van der Waals surface area contributed by atoms with Crippen LogP contribution in [0.3, 0.4) is 0 Å². The molecule has 84 valence electrons. The van der Waals surface area contributed by atoms with Gasteiger partial charge < -0.3 is 10.3 Å². The number of aromatic nitrogens is 2. The summed E-state index contributed by atoms with van der Waals surface area (Å²) in [5.41, 5.74) is 3.67. The van der Waals surface area contributed by atoms with Gasteiger partial charge in [0.2, 0.25) is 0 Å². The van der Waals surface area contributed by atoms with Crippen LogP contribution in [-0.4, -0.2) is 23.6 Å². The van der Waals surface area contributed by atoms with Crippen molar-refractivity contribution in [3.8, 4) is 0 Å². The lowest BCUT2D eigenvalue weighted by Crippen LogP contribution is -2.10. The van der Waals surface area contributed by atoms with Gasteiger partial charge >= 0.3 is 0 Å². The van der Waals surface area contributed by atoms with Crippen LogP contribution < -0.4 is 5.32 Å². The zero-order chi connectivity index (χ0) is 11.0. The lowest BCUT2D eigenvalue weighted by molar-refractivity contribution is 0.792. The quantitative estimate of drug-likeness (QED) is 0.821. The number of benzene rings is 1. The van der Waals surface area contributed by atoms with Crippen LogP contribution in [0.5, 0.6) is 0 Å². The van der Waals surface area contributed by atoms with Crippen LogP contribution in [0.25, 0.3) is 11.0 Å². The van der Waals surface area contributed by atoms with E-state index >= 15 is 0 Å². The maximum atomic E-state index is 4.62. The fraction of sp³-hybridized carbons (Fsp3) is 0.462. The third kappa shape index (κ3) is 1.83. The number of nitrogens with one attached hydrogen (secondary N) is 2. The van der Waals surface area contributed by atoms with Crippen LogP contribution in [0.1, 0.15) is 30.1 Å². The van der Waals surface area contributed by atoms with E-state index in [1.165, 1.54) is 29.7 Å². The number of rotatable bonds is 4. The highest BCUT2D eigenvalue weighted by Crippen LogP contribution is 2.38. The van der Waals surface area contributed by atoms with E-state index in [9.17, 15) is 0 Å². The van der Waals surface area contributed by atoms with Gasteiger partial charge in [-0.3, -0.25) is 0 Å². The van der Waals surface area contributed by atoms with Gasteiger partial charge in [0.05, 0.1) is 11.0 Å². The van der Waals surface area contributed by atoms with Gasteiger partial charge in [0.15, 0.2) is 0 Å². The molecule has 1 heterocycles. The van der Waals surface area contributed by atoms with Gasteiger partial charge in [-0.15, -0.1) is 0 Å². The molecule has 0 spiro atoms. The van der Waals surface area contributed by atoms with Crippen LogP contribution in [0.2, 0.25) is 0 Å². The number of hydrogen-bond donors (Lipinski definition) is 2. The first kappa shape index (κ1) is 9.85. The van der Waals surface area contributed by atoms with Crippen molar-refractivity contribution < 1.29 is 0 Å². The molecule has 2 aromatic rings. The second-order valence-electron chi connectivity index (χ2n) is 4.60. The Morgan fingerprint density at radius 2 is 2.31 bits per heavy atom. The van der Waals surface area contributed by atoms with E-state index in [2.05, 4.69) is 33.5 Å². The SMILES string of the molecule is CNCCc1ccc2nc(C3CC3)[nH]c2c1. The van der Waals surface area contributed by atoms with Gasteiger partial charge in [-0.2, -0.15) is 0 Å². The van der Waals surface area contributed by atoms with Gasteiger partial charge in [-0.25, -0.2) is 4.98 Å². The summed E-state index contributed by atoms with van der Waals surface area (Å²) in [5, 5.41) is 3.17. The van der Waals surface area contributed by atoms with Crippen molar-refractivity contribution in [3.05, 3.63) is 29.6 Å². The maximum absolute atomic E-state index is 4.62. The molecular formula is C13H17N3. The topological polar surface area (TPSA) is 40.7 Å². The lowest BCUT2D eigenvalue weighted by atomic mass is 10.1. The molecule has 3 heteroatoms. The maximum Gasteiger partial charge on any atom is 0.110 e. The Kier molecular flexibility index (Phi) is 2.40. The minimum atomic E-state index is 0.702. The summed E-state index contributed by atoms with van der Waals surface area (Å²) < 4.78 is 0. The second kappa shape index (κ2) is 3.91. The summed E-state index contributed by atoms with van der Waals surface area (Å²) in [6, 6.07) is 6.53. The number of hydrogen-bond acceptors (Lipinski definition) is 2. The summed E-state index contributed by atoms with van der Waals surface area (Å²) in [7, 11) is 1.99. The van der Waals surface area contributed by atoms with Crippen molar-refractivity contribution in [2.45, 2.75) is 25.2 Å². The molecule has 0 saturated heterocycles. The predicted octanol–water partition coefficient (Wildman–Crippen LogP) is 2.20. The van der Waals surface area contributed by atoms with Gasteiger partial charge in [0, 0.05) is 5.92 Å². The van der Waals surface area contributed by atoms with E-state index < -0.39 is 0 Å². The summed E-state index contributed by atoms with van der Waals surface area (Å²) in [4.78, 5) is 8.07. The summed E-state index contributed by atoms with van der Waals surface area (Å²) in [6.07, 6.45) is 3.67. The Morgan fingerprint density at radius 1 is 1.44 bits per heavy atom. The standard InChI is InChI=1S/C13H17N3/c1-14-7-6-9-2-5-11-12(8-9)16-13(15-11)10-3-4-10/h2,5,8,10,14H,3-4,6-7H2,1H3,(H,15,16). The molecule has 3 nitrogen and oxygen atoms in total. The molecule has 0 radical (unpaired) electrons. The zero-order valence-electron chi connectivity index (χ0n) is 9.59. The molecule has 1 aromatic heterocycles. The molecule has 1 aromatic carbocycles. The monoisotopic (exact) mass is 215 g/mol. The second-order valence-corrected chi connectivity index (χ2v) is 4.60. The van der Waals surface area contributed by atoms with E-state index in [4.69, 9.17) is 0 Å². The van der Waals surface area contributed by atoms with Gasteiger partial charge in [0.1, 0.15) is 5.82 Å². The first-order valence-electron chi connectivity index (χ1n) is 6.00. The Balaban J connectivity index is 1.90. The molecular weight excluding hydrogens is 198 g/mol. The number of imidazole rings is 1. The van der Waals surface area contributed by atoms with E-state index in [0.29, 0.717) is 5.92 Å². The van der Waals surface area contributed by atoms with Gasteiger partial charge in [0.25, 0.3) is 0 Å². The molecule has 16 heavy (non-hydrogen) atoms. The van der Waals surface area contributed by atoms with Crippen LogP contribution in [0.4, 0.5) is 0 Å². The fourth-order valence-electron chi connectivity index (χ4n) is 2.05. The minimum absolute atomic E-state index is 0.702. The molecule has 1 aliphatic rings. The highest BCUT2D eigenvalue weighted by Gasteiger charge is 2.26. The largest absolute Gasteiger partial charge is 0.342 e. The first-order chi connectivity index (χ1) is 7.86. The average Bonchev–Trinajstić information content (AvgIpc) is 3.06. The molecule has 1 fully saturated rings. The third-order valence-electron chi connectivity index (χ3n) is 3.19. The Morgan fingerprint density at radius 3 is 3.06 bits per heavy atom. The van der Waals surface area contributed by atoms with Crippen molar-refractivity contribution in [3.63, 3.8) is 0 Å². The van der Waals surface area contributed by atoms with E-state index in [1.54, 1.807) is 0 Å². The Bertz CT molecular complexity index is 497. The van der Waals surface area contributed by atoms with Crippen molar-refractivity contribution in [1.82, 2.24) is 15.3 Å². The minimum Gasteiger partial charge on any atom is -0.342 e. The van der Waals surface area contributed by atoms with Crippen molar-refractivity contribution in [2.24, 2.45) is 0 Å². The van der Waals surface area contributed by atoms with Crippen LogP contribution in [0, 0.1) is 0 Å². The molecule has 0 amide bonds. The summed E-state index contributed by atoms with van der Waals surface area (Å²) in [6.45, 7) is 1.02. The van der Waals surface area contributed by atoms with Gasteiger partial charge in [-0.05, 0) is 50.6 Å². The fourth-order valence-corrected chi connectivity index (χ4v) is 2.05. The van der Waals surface area contributed by atoms with Gasteiger partial charge in [-0.1, -0.05) is 6.07 Å². The molecule has 0 aliphatic heterocycles. The highest BCUT2D eigenvalue weighted by atomic mass is 14.9. The molecule has 3 rings (SSSR count). The predicted molar refractivity (Wildman–Crippen MR) is 65.7 cm³/mol. The van der Waals surface area contributed by atoms with Crippen molar-refractivity contribution in [2.75, 3.05) is 13.6 Å². The first-order valence-corrected chi connectivity index (χ1v) is 6.00. The lowest BCUT2D eigenvalue weighted by Gasteiger charge is -1.99. The zero-order valence-corrected chi connectivity index (χ0v) is 9.59. The average molecular weight is 215 g/mol. The number of likely N-dealkylation sites (N-methyl/N-ethyl adjacent to an activating group) is 1. The van der Waals surface area contributed by atoms with E-state index in [0.717, 1.165) is 18.5 Å². The van der Waals surface area contributed by atoms with Crippen molar-refractivity contribution in [1.29, 1.82) is 0 Å². The molecule has 1 saturated carbocycles. The Hall–Kier alpha value is -1.35. The van der Waals surface area contributed by atoms with E-state index in [-0.39, 0.29) is 0 Å². The molecule has 1 aliphatic carbocycles. The van der Waals surface area contributed by atoms with Crippen molar-refractivity contribution >= 4 is 11.0 Å². The molecule has 2 N–H and O–H groups in total. The van der Waals surface area contributed by atoms with Crippen LogP contribution in [0.15, 0.2) is 18.2 Å². The van der Waals surface area contributed by atoms with Crippen LogP contribution in [-0.2, 0) is 6.42 Å². The number of nitrogens with zero attached hydrogens (tertiary/aromatic N) is 1. The van der Waals surface area contributed by atoms with E-state index in [1.807, 2.05) is 7.05 Å². The third-order valence-corrected chi connectivity index (χ3v) is 3.19. The Labute approximate surface area is 95.3 Å². The molecule has 0 bridgehead atoms. The summed E-state index contributed by atoms with van der Waals surface area (Å²) in [5.74, 6) is 1.88.